The van der Waals surface area contributed by atoms with E-state index in [1.807, 2.05) is 25.1 Å². The first kappa shape index (κ1) is 20.9. The number of anilines is 2. The van der Waals surface area contributed by atoms with Crippen molar-refractivity contribution in [1.29, 1.82) is 0 Å². The van der Waals surface area contributed by atoms with E-state index in [1.54, 1.807) is 43.3 Å². The number of Topliss-reactive ketones (excluding diaryl/α,β-unsaturated/α-hetero) is 1. The molecule has 0 atom stereocenters. The van der Waals surface area contributed by atoms with Crippen LogP contribution in [0.2, 0.25) is 0 Å². The molecule has 3 rings (SSSR count). The molecule has 0 aliphatic carbocycles. The Morgan fingerprint density at radius 1 is 1.10 bits per heavy atom. The minimum atomic E-state index is -3.33. The van der Waals surface area contributed by atoms with Crippen molar-refractivity contribution in [2.75, 3.05) is 42.2 Å². The Labute approximate surface area is 170 Å². The van der Waals surface area contributed by atoms with Crippen molar-refractivity contribution in [1.82, 2.24) is 0 Å². The molecule has 2 aromatic rings. The number of esters is 1. The maximum absolute atomic E-state index is 12.5. The van der Waals surface area contributed by atoms with Gasteiger partial charge >= 0.3 is 5.97 Å². The molecular formula is C21H24N2O5S. The minimum Gasteiger partial charge on any atom is -0.454 e. The number of nitrogens with zero attached hydrogens (tertiary/aromatic N) is 2. The van der Waals surface area contributed by atoms with Crippen molar-refractivity contribution in [2.45, 2.75) is 13.3 Å². The molecule has 0 aromatic heterocycles. The molecule has 1 heterocycles. The van der Waals surface area contributed by atoms with Gasteiger partial charge in [0.05, 0.1) is 17.0 Å². The Morgan fingerprint density at radius 2 is 1.86 bits per heavy atom. The molecule has 0 N–H and O–H groups in total. The van der Waals surface area contributed by atoms with Gasteiger partial charge in [0.1, 0.15) is 0 Å². The van der Waals surface area contributed by atoms with Gasteiger partial charge in [-0.05, 0) is 55.3 Å². The average Bonchev–Trinajstić information content (AvgIpc) is 3.15. The highest BCUT2D eigenvalue weighted by Gasteiger charge is 2.28. The summed E-state index contributed by atoms with van der Waals surface area (Å²) in [6, 6.07) is 11.9. The highest BCUT2D eigenvalue weighted by molar-refractivity contribution is 7.92. The lowest BCUT2D eigenvalue weighted by molar-refractivity contribution is 0.0475. The van der Waals surface area contributed by atoms with Crippen LogP contribution in [-0.4, -0.2) is 53.2 Å². The fraction of sp³-hybridized carbons (Fsp3) is 0.333. The zero-order chi connectivity index (χ0) is 21.2. The number of carbonyl (C=O) groups excluding carboxylic acids is 2. The van der Waals surface area contributed by atoms with Crippen molar-refractivity contribution in [2.24, 2.45) is 0 Å². The standard InChI is InChI=1S/C21H24N2O5S/c1-4-29(26,27)23-11-10-15-12-16(8-9-19(15)23)20(24)14-28-21(25)17-6-5-7-18(13-17)22(2)3/h5-9,12-13H,4,10-11,14H2,1-3H3. The second kappa shape index (κ2) is 8.24. The summed E-state index contributed by atoms with van der Waals surface area (Å²) in [5, 5.41) is 0. The fourth-order valence-electron chi connectivity index (χ4n) is 3.20. The topological polar surface area (TPSA) is 84.0 Å². The summed E-state index contributed by atoms with van der Waals surface area (Å²) in [7, 11) is 0.409. The average molecular weight is 416 g/mol. The molecule has 0 fully saturated rings. The first-order valence-corrected chi connectivity index (χ1v) is 10.9. The minimum absolute atomic E-state index is 0.0259. The van der Waals surface area contributed by atoms with Crippen LogP contribution in [0.5, 0.6) is 0 Å². The summed E-state index contributed by atoms with van der Waals surface area (Å²) in [4.78, 5) is 26.6. The molecule has 0 saturated heterocycles. The summed E-state index contributed by atoms with van der Waals surface area (Å²) in [5.41, 5.74) is 3.04. The van der Waals surface area contributed by atoms with Crippen LogP contribution in [0.4, 0.5) is 11.4 Å². The van der Waals surface area contributed by atoms with Gasteiger partial charge in [-0.15, -0.1) is 0 Å². The molecule has 0 amide bonds. The Balaban J connectivity index is 1.68. The molecule has 7 nitrogen and oxygen atoms in total. The van der Waals surface area contributed by atoms with Gasteiger partial charge in [-0.3, -0.25) is 9.10 Å². The second-order valence-electron chi connectivity index (χ2n) is 7.01. The van der Waals surface area contributed by atoms with Gasteiger partial charge in [0.25, 0.3) is 0 Å². The first-order valence-electron chi connectivity index (χ1n) is 9.34. The largest absolute Gasteiger partial charge is 0.454 e. The molecule has 0 saturated carbocycles. The number of ketones is 1. The van der Waals surface area contributed by atoms with E-state index in [-0.39, 0.29) is 18.1 Å². The molecule has 2 aromatic carbocycles. The van der Waals surface area contributed by atoms with E-state index in [2.05, 4.69) is 0 Å². The van der Waals surface area contributed by atoms with Crippen LogP contribution >= 0.6 is 0 Å². The SMILES string of the molecule is CCS(=O)(=O)N1CCc2cc(C(=O)COC(=O)c3cccc(N(C)C)c3)ccc21. The lowest BCUT2D eigenvalue weighted by Crippen LogP contribution is -2.30. The number of hydrogen-bond acceptors (Lipinski definition) is 6. The third-order valence-electron chi connectivity index (χ3n) is 4.89. The Hall–Kier alpha value is -2.87. The van der Waals surface area contributed by atoms with Gasteiger partial charge in [-0.2, -0.15) is 0 Å². The molecular weight excluding hydrogens is 392 g/mol. The smallest absolute Gasteiger partial charge is 0.338 e. The molecule has 0 unspecified atom stereocenters. The maximum atomic E-state index is 12.5. The molecule has 0 bridgehead atoms. The van der Waals surface area contributed by atoms with Gasteiger partial charge in [-0.1, -0.05) is 6.07 Å². The number of rotatable bonds is 7. The number of hydrogen-bond donors (Lipinski definition) is 0. The summed E-state index contributed by atoms with van der Waals surface area (Å²) in [5.74, 6) is -0.872. The van der Waals surface area contributed by atoms with Crippen LogP contribution in [0.25, 0.3) is 0 Å². The molecule has 8 heteroatoms. The van der Waals surface area contributed by atoms with Gasteiger partial charge < -0.3 is 9.64 Å². The number of benzene rings is 2. The Bertz CT molecular complexity index is 1050. The zero-order valence-corrected chi connectivity index (χ0v) is 17.5. The van der Waals surface area contributed by atoms with Crippen molar-refractivity contribution >= 4 is 33.2 Å². The highest BCUT2D eigenvalue weighted by Crippen LogP contribution is 2.31. The number of fused-ring (bicyclic) bond motifs is 1. The third-order valence-corrected chi connectivity index (χ3v) is 6.67. The normalized spacial score (nSPS) is 13.1. The van der Waals surface area contributed by atoms with Crippen molar-refractivity contribution < 1.29 is 22.7 Å². The van der Waals surface area contributed by atoms with Crippen LogP contribution in [0.3, 0.4) is 0 Å². The van der Waals surface area contributed by atoms with E-state index in [9.17, 15) is 18.0 Å². The predicted molar refractivity (Wildman–Crippen MR) is 112 cm³/mol. The molecule has 0 radical (unpaired) electrons. The van der Waals surface area contributed by atoms with Gasteiger partial charge in [0.15, 0.2) is 12.4 Å². The van der Waals surface area contributed by atoms with Crippen molar-refractivity contribution in [3.8, 4) is 0 Å². The zero-order valence-electron chi connectivity index (χ0n) is 16.7. The Kier molecular flexibility index (Phi) is 5.93. The molecule has 1 aliphatic rings. The van der Waals surface area contributed by atoms with Crippen molar-refractivity contribution in [3.63, 3.8) is 0 Å². The molecule has 1 aliphatic heterocycles. The quantitative estimate of drug-likeness (QED) is 0.509. The highest BCUT2D eigenvalue weighted by atomic mass is 32.2. The summed E-state index contributed by atoms with van der Waals surface area (Å²) in [6.45, 7) is 1.61. The van der Waals surface area contributed by atoms with Gasteiger partial charge in [0, 0.05) is 31.9 Å². The van der Waals surface area contributed by atoms with Crippen LogP contribution in [0.15, 0.2) is 42.5 Å². The lowest BCUT2D eigenvalue weighted by Gasteiger charge is -2.18. The lowest BCUT2D eigenvalue weighted by atomic mass is 10.1. The maximum Gasteiger partial charge on any atom is 0.338 e. The second-order valence-corrected chi connectivity index (χ2v) is 9.19. The van der Waals surface area contributed by atoms with E-state index in [0.29, 0.717) is 29.8 Å². The summed E-state index contributed by atoms with van der Waals surface area (Å²) in [6.07, 6.45) is 0.548. The van der Waals surface area contributed by atoms with Gasteiger partial charge in [-0.25, -0.2) is 13.2 Å². The van der Waals surface area contributed by atoms with Crippen LogP contribution in [-0.2, 0) is 21.2 Å². The fourth-order valence-corrected chi connectivity index (χ4v) is 4.36. The van der Waals surface area contributed by atoms with E-state index >= 15 is 0 Å². The number of sulfonamides is 1. The molecule has 29 heavy (non-hydrogen) atoms. The van der Waals surface area contributed by atoms with E-state index in [1.165, 1.54) is 4.31 Å². The Morgan fingerprint density at radius 3 is 2.55 bits per heavy atom. The van der Waals surface area contributed by atoms with E-state index in [0.717, 1.165) is 11.3 Å². The first-order chi connectivity index (χ1) is 13.7. The van der Waals surface area contributed by atoms with E-state index < -0.39 is 16.0 Å². The van der Waals surface area contributed by atoms with Gasteiger partial charge in [0.2, 0.25) is 10.0 Å². The summed E-state index contributed by atoms with van der Waals surface area (Å²) < 4.78 is 30.9. The number of carbonyl (C=O) groups is 2. The number of ether oxygens (including phenoxy) is 1. The molecule has 154 valence electrons. The third kappa shape index (κ3) is 4.42. The van der Waals surface area contributed by atoms with Crippen molar-refractivity contribution in [3.05, 3.63) is 59.2 Å². The molecule has 0 spiro atoms. The predicted octanol–water partition coefficient (Wildman–Crippen LogP) is 2.50. The monoisotopic (exact) mass is 416 g/mol. The van der Waals surface area contributed by atoms with E-state index in [4.69, 9.17) is 4.74 Å². The van der Waals surface area contributed by atoms with Crippen LogP contribution < -0.4 is 9.21 Å². The summed E-state index contributed by atoms with van der Waals surface area (Å²) >= 11 is 0. The van der Waals surface area contributed by atoms with Crippen LogP contribution in [0.1, 0.15) is 33.2 Å². The van der Waals surface area contributed by atoms with Crippen LogP contribution in [0, 0.1) is 0 Å².